The molecule has 0 bridgehead atoms. The van der Waals surface area contributed by atoms with Gasteiger partial charge in [-0.15, -0.1) is 0 Å². The van der Waals surface area contributed by atoms with Gasteiger partial charge in [-0.1, -0.05) is 69.6 Å². The molecule has 7 aromatic heterocycles. The molecule has 12 aliphatic heterocycles. The lowest BCUT2D eigenvalue weighted by Crippen LogP contribution is -2.59. The topological polar surface area (TPSA) is 315 Å². The molecule has 7 aromatic rings. The van der Waals surface area contributed by atoms with E-state index in [1.165, 1.54) is 41.2 Å². The molecule has 5 N–H and O–H groups in total. The van der Waals surface area contributed by atoms with Crippen LogP contribution >= 0.6 is 92.2 Å². The highest BCUT2D eigenvalue weighted by atomic mass is 127. The standard InChI is InChI=1S/C15H22ClN3O2.C14H20ClN3O.C13H19ClN4O.C13H18ClN3O.C13H18IN3O.C11H15ClN2.C10H20N2O2.C5H3ClFN.C5H12N2.2C2HF3O/c1-11-10-18(14(20)21-15(2,3)4)7-8-19(11)13-6-5-12(16)9-17-13;1-10-5-14(16-6-13(10)15)18-4-3-17(7-11(18)2)12-8-19-9-12;1-9-6-17(10-7-19-8-10)2-3-18(9)13-4-12(15)11(14)5-16-13;1-10-7-16(12-8-18-9-12)4-5-17(10)13-3-2-11(14)6-15-13;1-10-7-16(12-8-18-9-12)4-5-17(10)13-6-11(14)2-3-15-13;1-9-4-2-3-7-14(9)11-6-5-10(12)8-13-11;1-8-7-12(6-5-11-8)9(13)14-10(2,3)4;6-4-1-2-5(7)8-3-4;1-5-4-6-2-3-7-5;2*3-2(4,5)1-6/h5-6,9,11H,7-8,10H2,1-4H3;5-6,11-12H,3-4,7-9H2,1-2H3;4-5,9-10H,2-3,6-8H2,1H3,(H2,15,16);2*2-3,6,10,12H,4-5,7-9H2,1H3;5-6,8-9H,2-4,7H2,1H3;8,11H,5-7H2,1-4H3;1-3H;5-7H,2-4H2,1H3;2*1H/t2*11-;9-;2*10-;9-;8-;;5-;;/m0000000.0../s1. The van der Waals surface area contributed by atoms with E-state index in [1.807, 2.05) is 103 Å². The number of nitrogens with two attached hydrogens (primary N) is 1. The molecule has 834 valence electrons. The van der Waals surface area contributed by atoms with E-state index in [4.69, 9.17) is 113 Å². The van der Waals surface area contributed by atoms with Gasteiger partial charge in [0, 0.05) is 245 Å². The van der Waals surface area contributed by atoms with Crippen LogP contribution in [0.2, 0.25) is 30.1 Å². The van der Waals surface area contributed by atoms with E-state index in [9.17, 15) is 40.3 Å². The minimum absolute atomic E-state index is 0.181. The first-order chi connectivity index (χ1) is 71.0. The molecule has 47 heteroatoms. The average Bonchev–Trinajstić information content (AvgIpc) is 0.815. The molecule has 33 nitrogen and oxygen atoms in total. The highest BCUT2D eigenvalue weighted by Crippen LogP contribution is 2.33. The Kier molecular flexibility index (Phi) is 51.5. The zero-order valence-corrected chi connectivity index (χ0v) is 95.0. The summed E-state index contributed by atoms with van der Waals surface area (Å²) in [5.74, 6) is 5.53. The van der Waals surface area contributed by atoms with E-state index in [2.05, 4.69) is 190 Å². The third-order valence-corrected chi connectivity index (χ3v) is 28.3. The quantitative estimate of drug-likeness (QED) is 0.0428. The predicted molar refractivity (Wildman–Crippen MR) is 589 cm³/mol. The molecule has 12 saturated heterocycles. The van der Waals surface area contributed by atoms with E-state index in [-0.39, 0.29) is 18.2 Å². The summed E-state index contributed by atoms with van der Waals surface area (Å²) in [6.07, 6.45) is 3.65. The van der Waals surface area contributed by atoms with Crippen molar-refractivity contribution in [2.75, 3.05) is 232 Å². The lowest BCUT2D eigenvalue weighted by molar-refractivity contribution is -0.156. The van der Waals surface area contributed by atoms with Crippen LogP contribution in [-0.4, -0.2) is 382 Å². The maximum atomic E-state index is 12.1. The molecular formula is C103H149Cl6F7IN23O10. The van der Waals surface area contributed by atoms with Gasteiger partial charge in [0.15, 0.2) is 0 Å². The van der Waals surface area contributed by atoms with Crippen LogP contribution in [0.1, 0.15) is 122 Å². The Morgan fingerprint density at radius 1 is 0.407 bits per heavy atom. The van der Waals surface area contributed by atoms with Crippen molar-refractivity contribution >= 4 is 158 Å². The molecule has 19 rings (SSSR count). The average molecular weight is 2340 g/mol. The van der Waals surface area contributed by atoms with Gasteiger partial charge in [0.1, 0.15) is 46.1 Å². The third kappa shape index (κ3) is 43.3. The van der Waals surface area contributed by atoms with Crippen LogP contribution in [0.15, 0.2) is 116 Å². The van der Waals surface area contributed by atoms with Crippen LogP contribution in [-0.2, 0) is 38.0 Å². The Labute approximate surface area is 922 Å². The van der Waals surface area contributed by atoms with Crippen molar-refractivity contribution in [3.8, 4) is 0 Å². The van der Waals surface area contributed by atoms with Crippen molar-refractivity contribution in [2.45, 2.75) is 219 Å². The van der Waals surface area contributed by atoms with E-state index < -0.39 is 42.1 Å². The zero-order chi connectivity index (χ0) is 110. The molecule has 150 heavy (non-hydrogen) atoms. The number of pyridine rings is 7. The third-order valence-electron chi connectivity index (χ3n) is 26.0. The number of piperazine rings is 7. The zero-order valence-electron chi connectivity index (χ0n) is 88.3. The van der Waals surface area contributed by atoms with Crippen LogP contribution in [0.3, 0.4) is 0 Å². The summed E-state index contributed by atoms with van der Waals surface area (Å²) in [4.78, 5) is 98.5. The predicted octanol–water partition coefficient (Wildman–Crippen LogP) is 16.9. The van der Waals surface area contributed by atoms with Gasteiger partial charge in [-0.2, -0.15) is 30.7 Å². The van der Waals surface area contributed by atoms with Gasteiger partial charge in [0.2, 0.25) is 18.5 Å². The molecule has 0 aliphatic carbocycles. The van der Waals surface area contributed by atoms with E-state index >= 15 is 0 Å². The van der Waals surface area contributed by atoms with Crippen molar-refractivity contribution in [1.29, 1.82) is 0 Å². The Hall–Kier alpha value is -7.93. The molecule has 0 spiro atoms. The van der Waals surface area contributed by atoms with E-state index in [1.54, 1.807) is 40.8 Å². The number of aldehydes is 2. The fraction of sp³-hybridized carbons (Fsp3) is 0.621. The first-order valence-electron chi connectivity index (χ1n) is 50.8. The van der Waals surface area contributed by atoms with Gasteiger partial charge in [-0.3, -0.25) is 29.2 Å². The maximum absolute atomic E-state index is 12.1. The number of halogens is 14. The van der Waals surface area contributed by atoms with Gasteiger partial charge in [-0.25, -0.2) is 44.5 Å². The molecule has 0 aromatic carbocycles. The number of hydrogen-bond donors (Lipinski definition) is 4. The van der Waals surface area contributed by atoms with Crippen LogP contribution in [0.4, 0.5) is 80.9 Å². The summed E-state index contributed by atoms with van der Waals surface area (Å²) in [6.45, 7) is 59.6. The van der Waals surface area contributed by atoms with Crippen molar-refractivity contribution in [1.82, 2.24) is 80.2 Å². The number of nitrogen functional groups attached to an aromatic ring is 1. The van der Waals surface area contributed by atoms with Crippen molar-refractivity contribution in [3.05, 3.63) is 161 Å². The first kappa shape index (κ1) is 126. The smallest absolute Gasteiger partial charge is 0.444 e. The van der Waals surface area contributed by atoms with Crippen molar-refractivity contribution in [2.24, 2.45) is 0 Å². The number of nitrogens with zero attached hydrogens (tertiary/aromatic N) is 19. The van der Waals surface area contributed by atoms with Gasteiger partial charge >= 0.3 is 24.5 Å². The summed E-state index contributed by atoms with van der Waals surface area (Å²) < 4.78 is 107. The van der Waals surface area contributed by atoms with Gasteiger partial charge in [0.25, 0.3) is 0 Å². The summed E-state index contributed by atoms with van der Waals surface area (Å²) in [7, 11) is 0. The number of ether oxygens (including phenoxy) is 6. The monoisotopic (exact) mass is 2340 g/mol. The highest BCUT2D eigenvalue weighted by molar-refractivity contribution is 14.1. The highest BCUT2D eigenvalue weighted by Gasteiger charge is 2.39. The molecule has 19 heterocycles. The number of carbonyl (C=O) groups excluding carboxylic acids is 4. The number of aromatic nitrogens is 7. The normalized spacial score (nSPS) is 22.6. The van der Waals surface area contributed by atoms with E-state index in [0.29, 0.717) is 110 Å². The van der Waals surface area contributed by atoms with Crippen LogP contribution < -0.4 is 51.1 Å². The number of nitrogens with one attached hydrogen (secondary N) is 3. The molecule has 0 saturated carbocycles. The van der Waals surface area contributed by atoms with Crippen LogP contribution in [0, 0.1) is 16.4 Å². The van der Waals surface area contributed by atoms with E-state index in [0.717, 1.165) is 229 Å². The second-order valence-electron chi connectivity index (χ2n) is 40.6. The van der Waals surface area contributed by atoms with Gasteiger partial charge < -0.3 is 89.3 Å². The molecule has 0 radical (unpaired) electrons. The molecule has 0 unspecified atom stereocenters. The second-order valence-corrected chi connectivity index (χ2v) is 44.4. The number of rotatable bonds is 10. The van der Waals surface area contributed by atoms with Crippen molar-refractivity contribution in [3.63, 3.8) is 0 Å². The van der Waals surface area contributed by atoms with Gasteiger partial charge in [-0.05, 0) is 218 Å². The van der Waals surface area contributed by atoms with Gasteiger partial charge in [0.05, 0.1) is 113 Å². The number of hydrogen-bond acceptors (Lipinski definition) is 31. The fourth-order valence-corrected chi connectivity index (χ4v) is 18.7. The summed E-state index contributed by atoms with van der Waals surface area (Å²) in [5.41, 5.74) is 6.68. The number of amides is 2. The molecule has 12 aliphatic rings. The number of carbonyl (C=O) groups is 4. The number of anilines is 7. The lowest BCUT2D eigenvalue weighted by Gasteiger charge is -2.46. The molecule has 8 atom stereocenters. The number of aryl methyl sites for hydroxylation is 1. The molecule has 12 fully saturated rings. The SMILES string of the molecule is C[C@H]1CCCCN1c1ccc(Cl)cn1.C[C@H]1CN(C(=O)OC(C)(C)C)CCN1.C[C@H]1CN(C(=O)OC(C)(C)C)CCN1c1ccc(Cl)cn1.C[C@H]1CN(C2COC2)CCN1c1cc(I)ccn1.C[C@H]1CN(C2COC2)CCN1c1cc(N)c(Cl)cn1.C[C@H]1CN(C2COC2)CCN1c1ccc(Cl)cn1.C[C@H]1CNCCN1.Cc1cc(N2CCN(C3COC3)C[C@@H]2C)ncc1Cl.Fc1ccc(Cl)cn1.O=CC(F)(F)F.O=CC(F)(F)F. The molecule has 2 amide bonds. The Morgan fingerprint density at radius 3 is 1.06 bits per heavy atom. The van der Waals surface area contributed by atoms with Crippen LogP contribution in [0.5, 0.6) is 0 Å². The largest absolute Gasteiger partial charge is 0.446 e. The lowest BCUT2D eigenvalue weighted by atomic mass is 10.0. The van der Waals surface area contributed by atoms with Crippen LogP contribution in [0.25, 0.3) is 0 Å². The Bertz CT molecular complexity index is 5060. The number of piperidine rings is 1. The fourth-order valence-electron chi connectivity index (χ4n) is 17.6. The number of alkyl halides is 6. The molecular weight excluding hydrogens is 2190 g/mol. The van der Waals surface area contributed by atoms with Crippen molar-refractivity contribution < 1.29 is 78.3 Å². The minimum Gasteiger partial charge on any atom is -0.444 e. The minimum atomic E-state index is -4.64. The summed E-state index contributed by atoms with van der Waals surface area (Å²) in [5, 5.41) is 13.6. The Balaban J connectivity index is 0.000000187. The maximum Gasteiger partial charge on any atom is 0.446 e. The summed E-state index contributed by atoms with van der Waals surface area (Å²) in [6, 6.07) is 28.6. The second kappa shape index (κ2) is 61.5. The summed E-state index contributed by atoms with van der Waals surface area (Å²) >= 11 is 37.2. The Morgan fingerprint density at radius 2 is 0.760 bits per heavy atom. The first-order valence-corrected chi connectivity index (χ1v) is 54.2.